The highest BCUT2D eigenvalue weighted by molar-refractivity contribution is 7.89. The minimum atomic E-state index is -3.74. The Morgan fingerprint density at radius 1 is 1.44 bits per heavy atom. The number of rotatable bonds is 5. The Balaban J connectivity index is 2.87. The van der Waals surface area contributed by atoms with Crippen LogP contribution >= 0.6 is 0 Å². The molecule has 96 valence electrons. The zero-order valence-corrected chi connectivity index (χ0v) is 11.0. The highest BCUT2D eigenvalue weighted by Crippen LogP contribution is 2.10. The molecule has 0 atom stereocenters. The third-order valence-corrected chi connectivity index (χ3v) is 3.75. The first kappa shape index (κ1) is 14.4. The van der Waals surface area contributed by atoms with Gasteiger partial charge in [0.2, 0.25) is 10.0 Å². The van der Waals surface area contributed by atoms with Crippen molar-refractivity contribution in [1.29, 1.82) is 5.26 Å². The number of ketones is 1. The SMILES string of the molecule is CC(C)C(=O)CNS(=O)(=O)c1cccc(C#N)c1. The normalized spacial score (nSPS) is 11.2. The largest absolute Gasteiger partial charge is 0.298 e. The van der Waals surface area contributed by atoms with E-state index in [4.69, 9.17) is 5.26 Å². The number of benzene rings is 1. The van der Waals surface area contributed by atoms with Crippen molar-refractivity contribution < 1.29 is 13.2 Å². The molecule has 1 rings (SSSR count). The Bertz CT molecular complexity index is 586. The lowest BCUT2D eigenvalue weighted by Gasteiger charge is -2.07. The molecule has 0 radical (unpaired) electrons. The van der Waals surface area contributed by atoms with Crippen molar-refractivity contribution in [2.75, 3.05) is 6.54 Å². The number of nitrogens with one attached hydrogen (secondary N) is 1. The summed E-state index contributed by atoms with van der Waals surface area (Å²) in [4.78, 5) is 11.3. The molecular formula is C12H14N2O3S. The summed E-state index contributed by atoms with van der Waals surface area (Å²) in [5.74, 6) is -0.409. The summed E-state index contributed by atoms with van der Waals surface area (Å²) in [5, 5.41) is 8.70. The van der Waals surface area contributed by atoms with Gasteiger partial charge in [0.1, 0.15) is 5.78 Å². The molecule has 0 amide bonds. The van der Waals surface area contributed by atoms with Crippen LogP contribution in [0.25, 0.3) is 0 Å². The lowest BCUT2D eigenvalue weighted by Crippen LogP contribution is -2.31. The van der Waals surface area contributed by atoms with Gasteiger partial charge in [0, 0.05) is 5.92 Å². The highest BCUT2D eigenvalue weighted by Gasteiger charge is 2.16. The van der Waals surface area contributed by atoms with Crippen LogP contribution < -0.4 is 4.72 Å². The molecular weight excluding hydrogens is 252 g/mol. The van der Waals surface area contributed by atoms with Crippen LogP contribution in [0.5, 0.6) is 0 Å². The van der Waals surface area contributed by atoms with E-state index in [1.165, 1.54) is 24.3 Å². The Morgan fingerprint density at radius 3 is 2.67 bits per heavy atom. The van der Waals surface area contributed by atoms with Gasteiger partial charge in [0.05, 0.1) is 23.1 Å². The lowest BCUT2D eigenvalue weighted by atomic mass is 10.1. The molecule has 0 spiro atoms. The summed E-state index contributed by atoms with van der Waals surface area (Å²) in [6, 6.07) is 7.50. The molecule has 1 aromatic carbocycles. The van der Waals surface area contributed by atoms with Crippen LogP contribution in [0, 0.1) is 17.2 Å². The van der Waals surface area contributed by atoms with Crippen molar-refractivity contribution in [3.63, 3.8) is 0 Å². The van der Waals surface area contributed by atoms with Gasteiger partial charge in [-0.25, -0.2) is 13.1 Å². The minimum Gasteiger partial charge on any atom is -0.298 e. The molecule has 0 unspecified atom stereocenters. The van der Waals surface area contributed by atoms with E-state index in [-0.39, 0.29) is 28.7 Å². The van der Waals surface area contributed by atoms with Crippen molar-refractivity contribution in [1.82, 2.24) is 4.72 Å². The maximum absolute atomic E-state index is 11.9. The number of carbonyl (C=O) groups is 1. The quantitative estimate of drug-likeness (QED) is 0.863. The number of Topliss-reactive ketones (excluding diaryl/α,β-unsaturated/α-hetero) is 1. The number of hydrogen-bond acceptors (Lipinski definition) is 4. The second-order valence-electron chi connectivity index (χ2n) is 4.09. The molecule has 0 aliphatic heterocycles. The fourth-order valence-electron chi connectivity index (χ4n) is 1.19. The maximum Gasteiger partial charge on any atom is 0.241 e. The molecule has 0 aliphatic rings. The lowest BCUT2D eigenvalue weighted by molar-refractivity contribution is -0.120. The van der Waals surface area contributed by atoms with Crippen LogP contribution in [0.2, 0.25) is 0 Å². The van der Waals surface area contributed by atoms with E-state index >= 15 is 0 Å². The predicted octanol–water partition coefficient (Wildman–Crippen LogP) is 1.06. The zero-order chi connectivity index (χ0) is 13.8. The van der Waals surface area contributed by atoms with Crippen molar-refractivity contribution in [2.24, 2.45) is 5.92 Å². The molecule has 18 heavy (non-hydrogen) atoms. The predicted molar refractivity (Wildman–Crippen MR) is 66.2 cm³/mol. The topological polar surface area (TPSA) is 87.0 Å². The molecule has 0 saturated heterocycles. The van der Waals surface area contributed by atoms with Crippen LogP contribution in [0.3, 0.4) is 0 Å². The van der Waals surface area contributed by atoms with Gasteiger partial charge >= 0.3 is 0 Å². The van der Waals surface area contributed by atoms with Gasteiger partial charge in [-0.05, 0) is 18.2 Å². The van der Waals surface area contributed by atoms with E-state index in [0.29, 0.717) is 0 Å². The van der Waals surface area contributed by atoms with E-state index in [9.17, 15) is 13.2 Å². The molecule has 0 fully saturated rings. The molecule has 0 saturated carbocycles. The first-order valence-corrected chi connectivity index (χ1v) is 6.87. The Hall–Kier alpha value is -1.71. The number of hydrogen-bond donors (Lipinski definition) is 1. The van der Waals surface area contributed by atoms with Crippen molar-refractivity contribution in [2.45, 2.75) is 18.7 Å². The molecule has 6 heteroatoms. The minimum absolute atomic E-state index is 0.0156. The number of carbonyl (C=O) groups excluding carboxylic acids is 1. The summed E-state index contributed by atoms with van der Waals surface area (Å²) in [7, 11) is -3.74. The van der Waals surface area contributed by atoms with Crippen LogP contribution in [0.15, 0.2) is 29.2 Å². The van der Waals surface area contributed by atoms with Crippen molar-refractivity contribution in [3.8, 4) is 6.07 Å². The Morgan fingerprint density at radius 2 is 2.11 bits per heavy atom. The fraction of sp³-hybridized carbons (Fsp3) is 0.333. The van der Waals surface area contributed by atoms with Gasteiger partial charge < -0.3 is 0 Å². The molecule has 1 aromatic rings. The summed E-state index contributed by atoms with van der Waals surface area (Å²) < 4.78 is 25.9. The van der Waals surface area contributed by atoms with Gasteiger partial charge in [0.25, 0.3) is 0 Å². The number of sulfonamides is 1. The van der Waals surface area contributed by atoms with E-state index in [1.807, 2.05) is 6.07 Å². The molecule has 0 heterocycles. The monoisotopic (exact) mass is 266 g/mol. The van der Waals surface area contributed by atoms with E-state index in [1.54, 1.807) is 13.8 Å². The highest BCUT2D eigenvalue weighted by atomic mass is 32.2. The van der Waals surface area contributed by atoms with E-state index in [0.717, 1.165) is 0 Å². The molecule has 5 nitrogen and oxygen atoms in total. The molecule has 0 bridgehead atoms. The van der Waals surface area contributed by atoms with E-state index in [2.05, 4.69) is 4.72 Å². The summed E-state index contributed by atoms with van der Waals surface area (Å²) in [6.45, 7) is 3.16. The average Bonchev–Trinajstić information content (AvgIpc) is 2.36. The molecule has 0 aromatic heterocycles. The van der Waals surface area contributed by atoms with Gasteiger partial charge in [-0.15, -0.1) is 0 Å². The molecule has 1 N–H and O–H groups in total. The van der Waals surface area contributed by atoms with Crippen molar-refractivity contribution in [3.05, 3.63) is 29.8 Å². The van der Waals surface area contributed by atoms with Gasteiger partial charge in [0.15, 0.2) is 0 Å². The van der Waals surface area contributed by atoms with Crippen LogP contribution in [0.4, 0.5) is 0 Å². The summed E-state index contributed by atoms with van der Waals surface area (Å²) in [5.41, 5.74) is 0.257. The van der Waals surface area contributed by atoms with Crippen LogP contribution in [0.1, 0.15) is 19.4 Å². The van der Waals surface area contributed by atoms with Crippen LogP contribution in [-0.2, 0) is 14.8 Å². The number of nitriles is 1. The third-order valence-electron chi connectivity index (χ3n) is 2.35. The summed E-state index contributed by atoms with van der Waals surface area (Å²) in [6.07, 6.45) is 0. The zero-order valence-electron chi connectivity index (χ0n) is 10.2. The third kappa shape index (κ3) is 3.65. The first-order valence-electron chi connectivity index (χ1n) is 5.39. The maximum atomic E-state index is 11.9. The van der Waals surface area contributed by atoms with Gasteiger partial charge in [-0.1, -0.05) is 19.9 Å². The average molecular weight is 266 g/mol. The number of nitrogens with zero attached hydrogens (tertiary/aromatic N) is 1. The molecule has 0 aliphatic carbocycles. The smallest absolute Gasteiger partial charge is 0.241 e. The second-order valence-corrected chi connectivity index (χ2v) is 5.85. The van der Waals surface area contributed by atoms with Gasteiger partial charge in [-0.2, -0.15) is 5.26 Å². The Labute approximate surface area is 106 Å². The first-order chi connectivity index (χ1) is 8.36. The van der Waals surface area contributed by atoms with E-state index < -0.39 is 10.0 Å². The summed E-state index contributed by atoms with van der Waals surface area (Å²) >= 11 is 0. The fourth-order valence-corrected chi connectivity index (χ4v) is 2.23. The standard InChI is InChI=1S/C12H14N2O3S/c1-9(2)12(15)8-14-18(16,17)11-5-3-4-10(6-11)7-13/h3-6,9,14H,8H2,1-2H3. The van der Waals surface area contributed by atoms with Crippen molar-refractivity contribution >= 4 is 15.8 Å². The Kier molecular flexibility index (Phi) is 4.59. The van der Waals surface area contributed by atoms with Crippen LogP contribution in [-0.4, -0.2) is 20.7 Å². The van der Waals surface area contributed by atoms with Gasteiger partial charge in [-0.3, -0.25) is 4.79 Å². The second kappa shape index (κ2) is 5.76.